The molecule has 2 aliphatic rings. The molecule has 0 bridgehead atoms. The zero-order valence-electron chi connectivity index (χ0n) is 9.77. The molecule has 4 atom stereocenters. The van der Waals surface area contributed by atoms with E-state index in [-0.39, 0.29) is 6.04 Å². The molecule has 1 aliphatic carbocycles. The first-order valence-corrected chi connectivity index (χ1v) is 6.89. The molecule has 0 aromatic carbocycles. The van der Waals surface area contributed by atoms with Crippen molar-refractivity contribution in [2.24, 2.45) is 11.8 Å². The van der Waals surface area contributed by atoms with Crippen LogP contribution >= 0.6 is 11.8 Å². The standard InChI is InChI=1S/C12H19NO2S/c1-7-3-8(2)5-9(4-7)11-13-10(6-16-11)12(14)15/h3,7,9-11,13H,4-6H2,1-2H3,(H,14,15)/t7?,9?,10-,11?/m1/s1. The summed E-state index contributed by atoms with van der Waals surface area (Å²) in [5.74, 6) is 1.21. The number of nitrogens with one attached hydrogen (secondary N) is 1. The van der Waals surface area contributed by atoms with E-state index < -0.39 is 5.97 Å². The lowest BCUT2D eigenvalue weighted by Gasteiger charge is -2.29. The van der Waals surface area contributed by atoms with E-state index in [4.69, 9.17) is 5.11 Å². The Balaban J connectivity index is 1.95. The Kier molecular flexibility index (Phi) is 3.60. The monoisotopic (exact) mass is 241 g/mol. The summed E-state index contributed by atoms with van der Waals surface area (Å²) in [6.45, 7) is 4.42. The Labute approximate surface area is 101 Å². The Morgan fingerprint density at radius 2 is 2.38 bits per heavy atom. The van der Waals surface area contributed by atoms with Crippen molar-refractivity contribution in [2.75, 3.05) is 5.75 Å². The fourth-order valence-electron chi connectivity index (χ4n) is 2.74. The average Bonchev–Trinajstić information content (AvgIpc) is 2.64. The number of allylic oxidation sites excluding steroid dienone is 2. The summed E-state index contributed by atoms with van der Waals surface area (Å²) in [5, 5.41) is 12.5. The Morgan fingerprint density at radius 3 is 2.94 bits per heavy atom. The lowest BCUT2D eigenvalue weighted by Crippen LogP contribution is -2.40. The number of carbonyl (C=O) groups is 1. The molecule has 16 heavy (non-hydrogen) atoms. The number of carboxylic acid groups (broad SMARTS) is 1. The number of rotatable bonds is 2. The molecule has 3 nitrogen and oxygen atoms in total. The van der Waals surface area contributed by atoms with Crippen molar-refractivity contribution < 1.29 is 9.90 Å². The first kappa shape index (κ1) is 12.0. The zero-order chi connectivity index (χ0) is 11.7. The van der Waals surface area contributed by atoms with Crippen molar-refractivity contribution in [3.63, 3.8) is 0 Å². The summed E-state index contributed by atoms with van der Waals surface area (Å²) in [5.41, 5.74) is 1.45. The fraction of sp³-hybridized carbons (Fsp3) is 0.750. The predicted molar refractivity (Wildman–Crippen MR) is 66.5 cm³/mol. The second kappa shape index (κ2) is 4.80. The summed E-state index contributed by atoms with van der Waals surface area (Å²) >= 11 is 1.77. The molecule has 3 unspecified atom stereocenters. The van der Waals surface area contributed by atoms with Gasteiger partial charge < -0.3 is 5.11 Å². The molecule has 0 saturated carbocycles. The van der Waals surface area contributed by atoms with Gasteiger partial charge in [0.15, 0.2) is 0 Å². The molecule has 1 saturated heterocycles. The third kappa shape index (κ3) is 2.61. The molecule has 4 heteroatoms. The maximum Gasteiger partial charge on any atom is 0.321 e. The normalized spacial score (nSPS) is 39.5. The van der Waals surface area contributed by atoms with Crippen molar-refractivity contribution in [3.05, 3.63) is 11.6 Å². The second-order valence-corrected chi connectivity index (χ2v) is 6.18. The highest BCUT2D eigenvalue weighted by Gasteiger charge is 2.35. The number of carboxylic acids is 1. The molecule has 1 heterocycles. The van der Waals surface area contributed by atoms with Gasteiger partial charge >= 0.3 is 5.97 Å². The summed E-state index contributed by atoms with van der Waals surface area (Å²) in [4.78, 5) is 10.9. The highest BCUT2D eigenvalue weighted by atomic mass is 32.2. The molecule has 0 aromatic heterocycles. The maximum absolute atomic E-state index is 10.9. The molecule has 0 radical (unpaired) electrons. The molecule has 0 amide bonds. The Bertz CT molecular complexity index is 316. The Morgan fingerprint density at radius 1 is 1.62 bits per heavy atom. The smallest absolute Gasteiger partial charge is 0.321 e. The molecule has 2 rings (SSSR count). The van der Waals surface area contributed by atoms with Crippen LogP contribution in [0, 0.1) is 11.8 Å². The SMILES string of the molecule is CC1=CC(C)CC(C2N[C@@H](C(=O)O)CS2)C1. The number of thioether (sulfide) groups is 1. The summed E-state index contributed by atoms with van der Waals surface area (Å²) < 4.78 is 0. The molecule has 0 aromatic rings. The van der Waals surface area contributed by atoms with Crippen molar-refractivity contribution in [1.29, 1.82) is 0 Å². The summed E-state index contributed by atoms with van der Waals surface area (Å²) in [7, 11) is 0. The van der Waals surface area contributed by atoms with E-state index >= 15 is 0 Å². The third-order valence-electron chi connectivity index (χ3n) is 3.36. The highest BCUT2D eigenvalue weighted by molar-refractivity contribution is 8.00. The van der Waals surface area contributed by atoms with Gasteiger partial charge in [-0.05, 0) is 31.6 Å². The highest BCUT2D eigenvalue weighted by Crippen LogP contribution is 2.36. The molecule has 1 aliphatic heterocycles. The van der Waals surface area contributed by atoms with Gasteiger partial charge in [-0.1, -0.05) is 18.6 Å². The number of aliphatic carboxylic acids is 1. The van der Waals surface area contributed by atoms with Gasteiger partial charge in [-0.3, -0.25) is 10.1 Å². The molecule has 2 N–H and O–H groups in total. The third-order valence-corrected chi connectivity index (χ3v) is 4.77. The van der Waals surface area contributed by atoms with E-state index in [1.165, 1.54) is 12.0 Å². The topological polar surface area (TPSA) is 49.3 Å². The van der Waals surface area contributed by atoms with Crippen LogP contribution in [0.1, 0.15) is 26.7 Å². The summed E-state index contributed by atoms with van der Waals surface area (Å²) in [6, 6.07) is -0.350. The van der Waals surface area contributed by atoms with E-state index in [1.807, 2.05) is 0 Å². The van der Waals surface area contributed by atoms with Gasteiger partial charge in [0.05, 0.1) is 5.37 Å². The average molecular weight is 241 g/mol. The van der Waals surface area contributed by atoms with Gasteiger partial charge in [0, 0.05) is 5.75 Å². The molecule has 0 spiro atoms. The van der Waals surface area contributed by atoms with Gasteiger partial charge in [-0.15, -0.1) is 11.8 Å². The van der Waals surface area contributed by atoms with Crippen LogP contribution in [0.4, 0.5) is 0 Å². The van der Waals surface area contributed by atoms with E-state index in [0.717, 1.165) is 6.42 Å². The van der Waals surface area contributed by atoms with Gasteiger partial charge in [-0.2, -0.15) is 0 Å². The van der Waals surface area contributed by atoms with Crippen LogP contribution in [0.5, 0.6) is 0 Å². The number of hydrogen-bond donors (Lipinski definition) is 2. The van der Waals surface area contributed by atoms with Crippen LogP contribution < -0.4 is 5.32 Å². The largest absolute Gasteiger partial charge is 0.480 e. The first-order valence-electron chi connectivity index (χ1n) is 5.84. The van der Waals surface area contributed by atoms with E-state index in [0.29, 0.717) is 23.0 Å². The van der Waals surface area contributed by atoms with Crippen molar-refractivity contribution in [1.82, 2.24) is 5.32 Å². The maximum atomic E-state index is 10.9. The van der Waals surface area contributed by atoms with Gasteiger partial charge in [0.25, 0.3) is 0 Å². The van der Waals surface area contributed by atoms with Crippen molar-refractivity contribution in [2.45, 2.75) is 38.1 Å². The van der Waals surface area contributed by atoms with Crippen molar-refractivity contribution >= 4 is 17.7 Å². The fourth-order valence-corrected chi connectivity index (χ4v) is 4.11. The van der Waals surface area contributed by atoms with Crippen LogP contribution in [0.25, 0.3) is 0 Å². The molecule has 1 fully saturated rings. The lowest BCUT2D eigenvalue weighted by molar-refractivity contribution is -0.138. The zero-order valence-corrected chi connectivity index (χ0v) is 10.6. The minimum Gasteiger partial charge on any atom is -0.480 e. The quantitative estimate of drug-likeness (QED) is 0.727. The van der Waals surface area contributed by atoms with E-state index in [9.17, 15) is 4.79 Å². The lowest BCUT2D eigenvalue weighted by atomic mass is 9.83. The molecule has 90 valence electrons. The van der Waals surface area contributed by atoms with Crippen LogP contribution in [0.15, 0.2) is 11.6 Å². The second-order valence-electron chi connectivity index (χ2n) is 5.00. The van der Waals surface area contributed by atoms with Crippen LogP contribution in [0.2, 0.25) is 0 Å². The van der Waals surface area contributed by atoms with Crippen LogP contribution in [-0.2, 0) is 4.79 Å². The molecular formula is C12H19NO2S. The van der Waals surface area contributed by atoms with Gasteiger partial charge in [0.1, 0.15) is 6.04 Å². The van der Waals surface area contributed by atoms with Gasteiger partial charge in [-0.25, -0.2) is 0 Å². The minimum atomic E-state index is -0.717. The number of hydrogen-bond acceptors (Lipinski definition) is 3. The minimum absolute atomic E-state index is 0.326. The van der Waals surface area contributed by atoms with Crippen LogP contribution in [-0.4, -0.2) is 28.2 Å². The summed E-state index contributed by atoms with van der Waals surface area (Å²) in [6.07, 6.45) is 4.63. The predicted octanol–water partition coefficient (Wildman–Crippen LogP) is 2.09. The van der Waals surface area contributed by atoms with E-state index in [2.05, 4.69) is 25.2 Å². The Hall–Kier alpha value is -0.480. The first-order chi connectivity index (χ1) is 7.56. The molecular weight excluding hydrogens is 222 g/mol. The van der Waals surface area contributed by atoms with Gasteiger partial charge in [0.2, 0.25) is 0 Å². The van der Waals surface area contributed by atoms with Crippen molar-refractivity contribution in [3.8, 4) is 0 Å². The van der Waals surface area contributed by atoms with Crippen LogP contribution in [0.3, 0.4) is 0 Å². The van der Waals surface area contributed by atoms with E-state index in [1.54, 1.807) is 11.8 Å².